The van der Waals surface area contributed by atoms with E-state index in [2.05, 4.69) is 10.1 Å². The molecule has 0 radical (unpaired) electrons. The van der Waals surface area contributed by atoms with Gasteiger partial charge in [-0.3, -0.25) is 9.59 Å². The summed E-state index contributed by atoms with van der Waals surface area (Å²) in [5.74, 6) is -1.31. The maximum atomic E-state index is 13.1. The highest BCUT2D eigenvalue weighted by Gasteiger charge is 2.37. The van der Waals surface area contributed by atoms with Gasteiger partial charge in [0.25, 0.3) is 0 Å². The Kier molecular flexibility index (Phi) is 6.40. The van der Waals surface area contributed by atoms with Gasteiger partial charge in [0.1, 0.15) is 10.6 Å². The zero-order valence-electron chi connectivity index (χ0n) is 18.9. The molecule has 0 aliphatic carbocycles. The normalized spacial score (nSPS) is 17.4. The second-order valence-corrected chi connectivity index (χ2v) is 10.2. The number of ether oxygens (including phenoxy) is 1. The number of hydrogen-bond donors (Lipinski definition) is 1. The van der Waals surface area contributed by atoms with Gasteiger partial charge >= 0.3 is 5.97 Å². The van der Waals surface area contributed by atoms with E-state index in [1.165, 1.54) is 4.31 Å². The summed E-state index contributed by atoms with van der Waals surface area (Å²) < 4.78 is 37.7. The molecule has 1 aliphatic heterocycles. The number of nitrogens with zero attached hydrogens (tertiary/aromatic N) is 2. The Morgan fingerprint density at radius 2 is 2.09 bits per heavy atom. The smallest absolute Gasteiger partial charge is 0.310 e. The first-order valence-electron chi connectivity index (χ1n) is 11.0. The van der Waals surface area contributed by atoms with E-state index >= 15 is 0 Å². The molecule has 1 N–H and O–H groups in total. The molecule has 0 saturated carbocycles. The van der Waals surface area contributed by atoms with Crippen LogP contribution in [0.25, 0.3) is 10.9 Å². The molecule has 1 aliphatic rings. The molecule has 9 nitrogen and oxygen atoms in total. The molecule has 1 saturated heterocycles. The molecule has 0 spiro atoms. The van der Waals surface area contributed by atoms with Crippen molar-refractivity contribution in [3.63, 3.8) is 0 Å². The fourth-order valence-electron chi connectivity index (χ4n) is 4.40. The number of para-hydroxylation sites is 1. The van der Waals surface area contributed by atoms with Crippen LogP contribution in [0.1, 0.15) is 47.1 Å². The largest absolute Gasteiger partial charge is 0.457 e. The van der Waals surface area contributed by atoms with E-state index < -0.39 is 28.5 Å². The number of H-pyrrole nitrogens is 1. The predicted molar refractivity (Wildman–Crippen MR) is 120 cm³/mol. The Morgan fingerprint density at radius 3 is 2.79 bits per heavy atom. The van der Waals surface area contributed by atoms with E-state index in [4.69, 9.17) is 9.26 Å². The molecule has 2 aromatic heterocycles. The maximum Gasteiger partial charge on any atom is 0.310 e. The molecule has 1 aromatic carbocycles. The molecule has 10 heteroatoms. The summed E-state index contributed by atoms with van der Waals surface area (Å²) in [6.45, 7) is 5.05. The summed E-state index contributed by atoms with van der Waals surface area (Å²) in [5, 5.41) is 4.52. The topological polar surface area (TPSA) is 123 Å². The van der Waals surface area contributed by atoms with Crippen molar-refractivity contribution in [3.8, 4) is 0 Å². The highest BCUT2D eigenvalue weighted by molar-refractivity contribution is 7.89. The van der Waals surface area contributed by atoms with Crippen LogP contribution in [-0.4, -0.2) is 54.3 Å². The lowest BCUT2D eigenvalue weighted by Crippen LogP contribution is -2.43. The van der Waals surface area contributed by atoms with Crippen LogP contribution in [0.5, 0.6) is 0 Å². The van der Waals surface area contributed by atoms with Crippen molar-refractivity contribution in [3.05, 3.63) is 47.0 Å². The first-order chi connectivity index (χ1) is 15.7. The number of carbonyl (C=O) groups excluding carboxylic acids is 2. The Labute approximate surface area is 192 Å². The van der Waals surface area contributed by atoms with Gasteiger partial charge in [-0.25, -0.2) is 8.42 Å². The van der Waals surface area contributed by atoms with Crippen LogP contribution in [0.4, 0.5) is 0 Å². The molecule has 3 aromatic rings. The van der Waals surface area contributed by atoms with E-state index in [0.717, 1.165) is 22.9 Å². The summed E-state index contributed by atoms with van der Waals surface area (Å²) in [7, 11) is -3.85. The average Bonchev–Trinajstić information content (AvgIpc) is 3.40. The van der Waals surface area contributed by atoms with Gasteiger partial charge in [0.15, 0.2) is 12.4 Å². The molecule has 1 unspecified atom stereocenters. The van der Waals surface area contributed by atoms with E-state index in [0.29, 0.717) is 24.9 Å². The number of carbonyl (C=O) groups is 2. The average molecular weight is 474 g/mol. The number of piperidine rings is 1. The van der Waals surface area contributed by atoms with E-state index in [1.807, 2.05) is 25.1 Å². The number of nitrogens with one attached hydrogen (secondary N) is 1. The Balaban J connectivity index is 1.42. The van der Waals surface area contributed by atoms with Gasteiger partial charge < -0.3 is 14.2 Å². The minimum atomic E-state index is -3.85. The fourth-order valence-corrected chi connectivity index (χ4v) is 6.21. The summed E-state index contributed by atoms with van der Waals surface area (Å²) in [4.78, 5) is 28.6. The third kappa shape index (κ3) is 4.32. The molecule has 176 valence electrons. The van der Waals surface area contributed by atoms with Gasteiger partial charge in [0.05, 0.1) is 5.92 Å². The number of Topliss-reactive ketones (excluding diaryl/α,β-unsaturated/α-hetero) is 1. The molecular weight excluding hydrogens is 446 g/mol. The van der Waals surface area contributed by atoms with Crippen molar-refractivity contribution in [2.45, 2.75) is 44.9 Å². The highest BCUT2D eigenvalue weighted by Crippen LogP contribution is 2.28. The van der Waals surface area contributed by atoms with Crippen LogP contribution in [0.3, 0.4) is 0 Å². The van der Waals surface area contributed by atoms with Crippen LogP contribution < -0.4 is 0 Å². The predicted octanol–water partition coefficient (Wildman–Crippen LogP) is 3.16. The number of ketones is 1. The van der Waals surface area contributed by atoms with E-state index in [9.17, 15) is 18.0 Å². The summed E-state index contributed by atoms with van der Waals surface area (Å²) in [5.41, 5.74) is 2.76. The zero-order chi connectivity index (χ0) is 23.8. The first kappa shape index (κ1) is 23.2. The lowest BCUT2D eigenvalue weighted by Gasteiger charge is -2.30. The minimum absolute atomic E-state index is 0.00758. The number of aromatic amines is 1. The Bertz CT molecular complexity index is 1290. The first-order valence-corrected chi connectivity index (χ1v) is 12.4. The number of benzene rings is 1. The quantitative estimate of drug-likeness (QED) is 0.413. The van der Waals surface area contributed by atoms with Gasteiger partial charge in [-0.1, -0.05) is 30.3 Å². The van der Waals surface area contributed by atoms with Crippen molar-refractivity contribution >= 4 is 32.7 Å². The fraction of sp³-hybridized carbons (Fsp3) is 0.435. The summed E-state index contributed by atoms with van der Waals surface area (Å²) >= 11 is 0. The lowest BCUT2D eigenvalue weighted by molar-refractivity contribution is -0.148. The number of hydrogen-bond acceptors (Lipinski definition) is 7. The third-order valence-corrected chi connectivity index (χ3v) is 8.22. The van der Waals surface area contributed by atoms with Crippen molar-refractivity contribution in [2.75, 3.05) is 19.7 Å². The standard InChI is InChI=1S/C23H27N3O6S/c1-4-16-7-5-9-18-19(11-24-21(16)18)20(27)13-31-23(28)17-8-6-10-26(12-17)33(29,30)22-14(2)25-32-15(22)3/h5,7,9,11,17,24H,4,6,8,10,12-13H2,1-3H3. The maximum absolute atomic E-state index is 13.1. The van der Waals surface area contributed by atoms with Crippen molar-refractivity contribution in [1.82, 2.24) is 14.4 Å². The third-order valence-electron chi connectivity index (χ3n) is 6.11. The van der Waals surface area contributed by atoms with Crippen LogP contribution in [-0.2, 0) is 26.0 Å². The molecule has 4 rings (SSSR count). The summed E-state index contributed by atoms with van der Waals surface area (Å²) in [6.07, 6.45) is 3.47. The van der Waals surface area contributed by atoms with E-state index in [-0.39, 0.29) is 28.7 Å². The van der Waals surface area contributed by atoms with Gasteiger partial charge in [-0.2, -0.15) is 4.31 Å². The van der Waals surface area contributed by atoms with E-state index in [1.54, 1.807) is 20.0 Å². The number of aromatic nitrogens is 2. The number of rotatable bonds is 7. The molecular formula is C23H27N3O6S. The highest BCUT2D eigenvalue weighted by atomic mass is 32.2. The van der Waals surface area contributed by atoms with Crippen molar-refractivity contribution in [2.24, 2.45) is 5.92 Å². The molecule has 1 atom stereocenters. The second kappa shape index (κ2) is 9.11. The van der Waals surface area contributed by atoms with Crippen molar-refractivity contribution in [1.29, 1.82) is 0 Å². The molecule has 0 amide bonds. The zero-order valence-corrected chi connectivity index (χ0v) is 19.7. The van der Waals surface area contributed by atoms with Crippen LogP contribution in [0.15, 0.2) is 33.8 Å². The molecule has 3 heterocycles. The van der Waals surface area contributed by atoms with Crippen molar-refractivity contribution < 1.29 is 27.3 Å². The lowest BCUT2D eigenvalue weighted by atomic mass is 10.00. The minimum Gasteiger partial charge on any atom is -0.457 e. The Hall–Kier alpha value is -2.98. The SMILES string of the molecule is CCc1cccc2c(C(=O)COC(=O)C3CCCN(S(=O)(=O)c4c(C)noc4C)C3)c[nH]c12. The molecule has 33 heavy (non-hydrogen) atoms. The monoisotopic (exact) mass is 473 g/mol. The number of esters is 1. The number of sulfonamides is 1. The number of aryl methyl sites for hydroxylation is 3. The van der Waals surface area contributed by atoms with Crippen LogP contribution in [0, 0.1) is 19.8 Å². The summed E-state index contributed by atoms with van der Waals surface area (Å²) in [6, 6.07) is 5.75. The van der Waals surface area contributed by atoms with Crippen LogP contribution in [0.2, 0.25) is 0 Å². The van der Waals surface area contributed by atoms with Gasteiger partial charge in [-0.05, 0) is 38.7 Å². The van der Waals surface area contributed by atoms with Gasteiger partial charge in [-0.15, -0.1) is 0 Å². The molecule has 1 fully saturated rings. The van der Waals surface area contributed by atoms with Crippen LogP contribution >= 0.6 is 0 Å². The number of fused-ring (bicyclic) bond motifs is 1. The molecule has 0 bridgehead atoms. The second-order valence-electron chi connectivity index (χ2n) is 8.28. The van der Waals surface area contributed by atoms with Gasteiger partial charge in [0.2, 0.25) is 15.8 Å². The van der Waals surface area contributed by atoms with Gasteiger partial charge in [0, 0.05) is 35.8 Å². The Morgan fingerprint density at radius 1 is 1.30 bits per heavy atom.